The van der Waals surface area contributed by atoms with Crippen LogP contribution in [0.2, 0.25) is 0 Å². The fourth-order valence-electron chi connectivity index (χ4n) is 2.05. The van der Waals surface area contributed by atoms with Crippen LogP contribution in [0.5, 0.6) is 0 Å². The maximum absolute atomic E-state index is 14.0. The summed E-state index contributed by atoms with van der Waals surface area (Å²) >= 11 is 3.06. The fraction of sp³-hybridized carbons (Fsp3) is 0.308. The zero-order valence-electron chi connectivity index (χ0n) is 10.7. The molecule has 0 aliphatic heterocycles. The van der Waals surface area contributed by atoms with Crippen LogP contribution in [0.1, 0.15) is 18.9 Å². The Morgan fingerprint density at radius 3 is 2.42 bits per heavy atom. The van der Waals surface area contributed by atoms with Crippen LogP contribution < -0.4 is 5.73 Å². The van der Waals surface area contributed by atoms with E-state index in [1.165, 1.54) is 16.8 Å². The van der Waals surface area contributed by atoms with E-state index >= 15 is 0 Å². The number of aryl methyl sites for hydroxylation is 1. The summed E-state index contributed by atoms with van der Waals surface area (Å²) in [4.78, 5) is 0. The van der Waals surface area contributed by atoms with Crippen molar-refractivity contribution in [1.29, 1.82) is 0 Å². The predicted octanol–water partition coefficient (Wildman–Crippen LogP) is 3.66. The minimum atomic E-state index is -0.651. The smallest absolute Gasteiger partial charge is 0.136 e. The topological polar surface area (TPSA) is 43.8 Å². The molecule has 0 bridgehead atoms. The molecule has 102 valence electrons. The van der Waals surface area contributed by atoms with Crippen LogP contribution in [0.3, 0.4) is 0 Å². The van der Waals surface area contributed by atoms with Crippen molar-refractivity contribution in [1.82, 2.24) is 9.78 Å². The van der Waals surface area contributed by atoms with Crippen molar-refractivity contribution in [2.24, 2.45) is 7.05 Å². The molecular weight excluding hydrogens is 316 g/mol. The zero-order chi connectivity index (χ0) is 14.2. The van der Waals surface area contributed by atoms with Gasteiger partial charge in [0.05, 0.1) is 5.56 Å². The quantitative estimate of drug-likeness (QED) is 0.933. The number of hydrogen-bond acceptors (Lipinski definition) is 2. The van der Waals surface area contributed by atoms with Gasteiger partial charge in [0.25, 0.3) is 0 Å². The van der Waals surface area contributed by atoms with Gasteiger partial charge >= 0.3 is 0 Å². The SMILES string of the molecule is CCCc1c(-c2c(F)cc(Br)cc2F)nn(C)c1N. The minimum absolute atomic E-state index is 0.126. The van der Waals surface area contributed by atoms with Gasteiger partial charge < -0.3 is 5.73 Å². The molecule has 3 nitrogen and oxygen atoms in total. The van der Waals surface area contributed by atoms with Crippen LogP contribution in [0.15, 0.2) is 16.6 Å². The summed E-state index contributed by atoms with van der Waals surface area (Å²) in [5.74, 6) is -0.858. The number of nitrogen functional groups attached to an aromatic ring is 1. The molecule has 2 aromatic rings. The van der Waals surface area contributed by atoms with E-state index in [4.69, 9.17) is 5.73 Å². The maximum atomic E-state index is 14.0. The third-order valence-corrected chi connectivity index (χ3v) is 3.40. The summed E-state index contributed by atoms with van der Waals surface area (Å²) in [6.07, 6.45) is 1.45. The summed E-state index contributed by atoms with van der Waals surface area (Å²) in [5, 5.41) is 4.15. The Hall–Kier alpha value is -1.43. The Morgan fingerprint density at radius 1 is 1.32 bits per heavy atom. The lowest BCUT2D eigenvalue weighted by molar-refractivity contribution is 0.586. The average Bonchev–Trinajstić information content (AvgIpc) is 2.57. The first-order valence-corrected chi connectivity index (χ1v) is 6.71. The van der Waals surface area contributed by atoms with Crippen molar-refractivity contribution in [3.8, 4) is 11.3 Å². The van der Waals surface area contributed by atoms with Gasteiger partial charge in [-0.2, -0.15) is 5.10 Å². The van der Waals surface area contributed by atoms with Crippen LogP contribution >= 0.6 is 15.9 Å². The van der Waals surface area contributed by atoms with Gasteiger partial charge in [0, 0.05) is 17.1 Å². The first-order chi connectivity index (χ1) is 8.95. The van der Waals surface area contributed by atoms with Crippen molar-refractivity contribution in [2.45, 2.75) is 19.8 Å². The molecule has 19 heavy (non-hydrogen) atoms. The number of hydrogen-bond donors (Lipinski definition) is 1. The van der Waals surface area contributed by atoms with Crippen molar-refractivity contribution in [3.63, 3.8) is 0 Å². The Balaban J connectivity index is 2.69. The largest absolute Gasteiger partial charge is 0.384 e. The van der Waals surface area contributed by atoms with Crippen LogP contribution in [0.4, 0.5) is 14.6 Å². The van der Waals surface area contributed by atoms with Crippen LogP contribution in [-0.2, 0) is 13.5 Å². The molecule has 0 aliphatic carbocycles. The molecule has 2 N–H and O–H groups in total. The summed E-state index contributed by atoms with van der Waals surface area (Å²) in [7, 11) is 1.66. The van der Waals surface area contributed by atoms with E-state index in [1.807, 2.05) is 6.92 Å². The van der Waals surface area contributed by atoms with E-state index in [0.29, 0.717) is 22.3 Å². The molecule has 1 aromatic carbocycles. The molecule has 1 aromatic heterocycles. The molecule has 0 atom stereocenters. The molecular formula is C13H14BrF2N3. The average molecular weight is 330 g/mol. The lowest BCUT2D eigenvalue weighted by Gasteiger charge is -2.06. The molecule has 0 spiro atoms. The highest BCUT2D eigenvalue weighted by molar-refractivity contribution is 9.10. The predicted molar refractivity (Wildman–Crippen MR) is 74.7 cm³/mol. The van der Waals surface area contributed by atoms with Crippen molar-refractivity contribution in [2.75, 3.05) is 5.73 Å². The minimum Gasteiger partial charge on any atom is -0.384 e. The van der Waals surface area contributed by atoms with Gasteiger partial charge in [-0.15, -0.1) is 0 Å². The van der Waals surface area contributed by atoms with E-state index in [2.05, 4.69) is 21.0 Å². The lowest BCUT2D eigenvalue weighted by Crippen LogP contribution is -1.99. The molecule has 6 heteroatoms. The van der Waals surface area contributed by atoms with Gasteiger partial charge in [-0.1, -0.05) is 29.3 Å². The Morgan fingerprint density at radius 2 is 1.89 bits per heavy atom. The second-order valence-electron chi connectivity index (χ2n) is 4.33. The summed E-state index contributed by atoms with van der Waals surface area (Å²) in [5.41, 5.74) is 6.74. The van der Waals surface area contributed by atoms with Crippen LogP contribution in [-0.4, -0.2) is 9.78 Å². The first-order valence-electron chi connectivity index (χ1n) is 5.92. The van der Waals surface area contributed by atoms with Gasteiger partial charge in [0.2, 0.25) is 0 Å². The number of nitrogens with zero attached hydrogens (tertiary/aromatic N) is 2. The Bertz CT molecular complexity index is 600. The van der Waals surface area contributed by atoms with Crippen molar-refractivity contribution < 1.29 is 8.78 Å². The highest BCUT2D eigenvalue weighted by atomic mass is 79.9. The normalized spacial score (nSPS) is 11.0. The van der Waals surface area contributed by atoms with E-state index in [1.54, 1.807) is 7.05 Å². The van der Waals surface area contributed by atoms with E-state index in [0.717, 1.165) is 6.42 Å². The molecule has 0 saturated carbocycles. The number of nitrogens with two attached hydrogens (primary N) is 1. The molecule has 0 unspecified atom stereocenters. The standard InChI is InChI=1S/C13H14BrF2N3/c1-3-4-8-12(18-19(2)13(8)17)11-9(15)5-7(14)6-10(11)16/h5-6H,3-4,17H2,1-2H3. The third-order valence-electron chi connectivity index (χ3n) is 2.94. The molecule has 1 heterocycles. The number of rotatable bonds is 3. The van der Waals surface area contributed by atoms with Gasteiger partial charge in [-0.3, -0.25) is 4.68 Å². The Labute approximate surface area is 118 Å². The zero-order valence-corrected chi connectivity index (χ0v) is 12.3. The summed E-state index contributed by atoms with van der Waals surface area (Å²) < 4.78 is 29.8. The number of benzene rings is 1. The monoisotopic (exact) mass is 329 g/mol. The van der Waals surface area contributed by atoms with Crippen molar-refractivity contribution >= 4 is 21.7 Å². The first kappa shape index (κ1) is 14.0. The van der Waals surface area contributed by atoms with E-state index < -0.39 is 11.6 Å². The van der Waals surface area contributed by atoms with E-state index in [-0.39, 0.29) is 11.3 Å². The summed E-state index contributed by atoms with van der Waals surface area (Å²) in [6, 6.07) is 2.44. The second-order valence-corrected chi connectivity index (χ2v) is 5.25. The molecule has 0 saturated heterocycles. The van der Waals surface area contributed by atoms with E-state index in [9.17, 15) is 8.78 Å². The van der Waals surface area contributed by atoms with Crippen molar-refractivity contribution in [3.05, 3.63) is 33.8 Å². The van der Waals surface area contributed by atoms with Crippen LogP contribution in [0.25, 0.3) is 11.3 Å². The Kier molecular flexibility index (Phi) is 3.89. The molecule has 0 fully saturated rings. The number of aromatic nitrogens is 2. The molecule has 0 radical (unpaired) electrons. The lowest BCUT2D eigenvalue weighted by atomic mass is 10.0. The van der Waals surface area contributed by atoms with Gasteiger partial charge in [0.1, 0.15) is 23.1 Å². The van der Waals surface area contributed by atoms with Gasteiger partial charge in [-0.05, 0) is 18.6 Å². The maximum Gasteiger partial charge on any atom is 0.136 e. The molecule has 0 amide bonds. The van der Waals surface area contributed by atoms with Gasteiger partial charge in [0.15, 0.2) is 0 Å². The molecule has 0 aliphatic rings. The second kappa shape index (κ2) is 5.28. The fourth-order valence-corrected chi connectivity index (χ4v) is 2.45. The third kappa shape index (κ3) is 2.49. The number of halogens is 3. The number of anilines is 1. The highest BCUT2D eigenvalue weighted by Crippen LogP contribution is 2.33. The summed E-state index contributed by atoms with van der Waals surface area (Å²) in [6.45, 7) is 1.98. The van der Waals surface area contributed by atoms with Gasteiger partial charge in [-0.25, -0.2) is 8.78 Å². The highest BCUT2D eigenvalue weighted by Gasteiger charge is 2.21. The van der Waals surface area contributed by atoms with Crippen LogP contribution in [0, 0.1) is 11.6 Å². The molecule has 2 rings (SSSR count).